The predicted molar refractivity (Wildman–Crippen MR) is 40.0 cm³/mol. The minimum absolute atomic E-state index is 0.243. The number of rotatable bonds is 3. The lowest BCUT2D eigenvalue weighted by Gasteiger charge is -2.08. The Morgan fingerprint density at radius 3 is 2.43 bits per heavy atom. The summed E-state index contributed by atoms with van der Waals surface area (Å²) < 4.78 is 4.32. The Morgan fingerprint density at radius 2 is 2.00 bits per heavy atom. The van der Waals surface area contributed by atoms with Crippen LogP contribution in [0.25, 0.3) is 0 Å². The van der Waals surface area contributed by atoms with Crippen LogP contribution in [0.5, 0.6) is 0 Å². The third kappa shape index (κ3) is 1.91. The molecule has 0 saturated heterocycles. The van der Waals surface area contributed by atoms with Crippen LogP contribution in [0.3, 0.4) is 0 Å². The number of aromatic nitrogens is 2. The summed E-state index contributed by atoms with van der Waals surface area (Å²) in [5, 5.41) is 0. The Hall–Kier alpha value is -2.25. The smallest absolute Gasteiger partial charge is 0.300 e. The lowest BCUT2D eigenvalue weighted by Crippen LogP contribution is -2.46. The molecule has 8 nitrogen and oxygen atoms in total. The van der Waals surface area contributed by atoms with E-state index in [2.05, 4.69) is 20.9 Å². The third-order valence-corrected chi connectivity index (χ3v) is 1.01. The van der Waals surface area contributed by atoms with Crippen LogP contribution in [0.2, 0.25) is 0 Å². The summed E-state index contributed by atoms with van der Waals surface area (Å²) in [5.74, 6) is -1.62. The first-order chi connectivity index (χ1) is 6.54. The second-order valence-corrected chi connectivity index (χ2v) is 2.08. The molecule has 0 saturated carbocycles. The van der Waals surface area contributed by atoms with Crippen molar-refractivity contribution in [3.8, 4) is 0 Å². The molecule has 1 rings (SSSR count). The molecule has 0 amide bonds. The summed E-state index contributed by atoms with van der Waals surface area (Å²) in [6.07, 6.45) is 0.838. The molecule has 0 radical (unpaired) electrons. The van der Waals surface area contributed by atoms with Gasteiger partial charge < -0.3 is 4.84 Å². The van der Waals surface area contributed by atoms with Crippen LogP contribution in [0, 0.1) is 0 Å². The van der Waals surface area contributed by atoms with E-state index < -0.39 is 17.6 Å². The Bertz CT molecular complexity index is 421. The van der Waals surface area contributed by atoms with Crippen LogP contribution in [0.4, 0.5) is 0 Å². The summed E-state index contributed by atoms with van der Waals surface area (Å²) in [7, 11) is 0. The number of carbonyl (C=O) groups excluding carboxylic acids is 2. The highest BCUT2D eigenvalue weighted by Gasteiger charge is 2.17. The zero-order chi connectivity index (χ0) is 10.7. The third-order valence-electron chi connectivity index (χ3n) is 1.01. The molecule has 14 heavy (non-hydrogen) atoms. The first kappa shape index (κ1) is 9.84. The summed E-state index contributed by atoms with van der Waals surface area (Å²) >= 11 is 0. The van der Waals surface area contributed by atoms with Gasteiger partial charge in [-0.1, -0.05) is 6.58 Å². The molecule has 76 valence electrons. The van der Waals surface area contributed by atoms with E-state index in [1.54, 1.807) is 0 Å². The Morgan fingerprint density at radius 1 is 1.43 bits per heavy atom. The van der Waals surface area contributed by atoms with Gasteiger partial charge in [-0.2, -0.15) is 0 Å². The molecule has 0 aromatic carbocycles. The van der Waals surface area contributed by atoms with Gasteiger partial charge in [0.1, 0.15) is 0 Å². The first-order valence-corrected chi connectivity index (χ1v) is 3.40. The number of hydrogen-bond donors (Lipinski definition) is 0. The quantitative estimate of drug-likeness (QED) is 0.545. The minimum atomic E-state index is -0.935. The molecule has 0 unspecified atom stereocenters. The van der Waals surface area contributed by atoms with Crippen molar-refractivity contribution in [2.45, 2.75) is 6.92 Å². The van der Waals surface area contributed by atoms with E-state index >= 15 is 0 Å². The van der Waals surface area contributed by atoms with Crippen molar-refractivity contribution in [1.82, 2.24) is 9.81 Å². The fraction of sp³-hybridized carbons (Fsp3) is 0.167. The van der Waals surface area contributed by atoms with Crippen molar-refractivity contribution in [3.63, 3.8) is 0 Å². The number of carbonyl (C=O) groups is 2. The van der Waals surface area contributed by atoms with Gasteiger partial charge in [-0.25, -0.2) is 19.0 Å². The van der Waals surface area contributed by atoms with Crippen LogP contribution in [-0.2, 0) is 9.59 Å². The molecule has 0 bridgehead atoms. The summed E-state index contributed by atoms with van der Waals surface area (Å²) in [6.45, 7) is 4.18. The zero-order valence-corrected chi connectivity index (χ0v) is 7.13. The summed E-state index contributed by atoms with van der Waals surface area (Å²) in [5.41, 5.74) is -0.935. The largest absolute Gasteiger partial charge is 0.464 e. The van der Waals surface area contributed by atoms with Crippen LogP contribution in [0.1, 0.15) is 6.92 Å². The van der Waals surface area contributed by atoms with Crippen molar-refractivity contribution < 1.29 is 23.9 Å². The molecule has 1 aromatic rings. The number of hydrogen-bond acceptors (Lipinski definition) is 6. The van der Waals surface area contributed by atoms with E-state index in [-0.39, 0.29) is 9.81 Å². The normalized spacial score (nSPS) is 9.50. The average molecular weight is 202 g/mol. The van der Waals surface area contributed by atoms with Crippen molar-refractivity contribution in [2.75, 3.05) is 0 Å². The molecule has 0 aliphatic heterocycles. The highest BCUT2D eigenvalue weighted by atomic mass is 17.0. The molecule has 0 atom stereocenters. The Labute approximate surface area is 76.7 Å². The lowest BCUT2D eigenvalue weighted by atomic mass is 10.7. The lowest BCUT2D eigenvalue weighted by molar-refractivity contribution is -0.218. The van der Waals surface area contributed by atoms with Crippen LogP contribution in [0.15, 0.2) is 22.1 Å². The maximum Gasteiger partial charge on any atom is 0.464 e. The molecule has 1 aromatic heterocycles. The van der Waals surface area contributed by atoms with Gasteiger partial charge in [0.2, 0.25) is 0 Å². The van der Waals surface area contributed by atoms with Crippen LogP contribution >= 0.6 is 0 Å². The van der Waals surface area contributed by atoms with Crippen LogP contribution in [-0.4, -0.2) is 21.7 Å². The van der Waals surface area contributed by atoms with Crippen molar-refractivity contribution >= 4 is 11.9 Å². The Kier molecular flexibility index (Phi) is 2.56. The monoisotopic (exact) mass is 202 g/mol. The van der Waals surface area contributed by atoms with E-state index in [1.165, 1.54) is 0 Å². The van der Waals surface area contributed by atoms with Gasteiger partial charge >= 0.3 is 17.6 Å². The van der Waals surface area contributed by atoms with Gasteiger partial charge in [0.05, 0.1) is 9.81 Å². The van der Waals surface area contributed by atoms with Gasteiger partial charge in [-0.15, -0.1) is 0 Å². The van der Waals surface area contributed by atoms with E-state index in [0.717, 1.165) is 13.0 Å². The highest BCUT2D eigenvalue weighted by molar-refractivity contribution is 5.81. The van der Waals surface area contributed by atoms with Gasteiger partial charge in [-0.05, 0) is 0 Å². The molecule has 8 heteroatoms. The molecule has 0 spiro atoms. The summed E-state index contributed by atoms with van der Waals surface area (Å²) in [4.78, 5) is 40.7. The van der Waals surface area contributed by atoms with Crippen molar-refractivity contribution in [3.05, 3.63) is 23.1 Å². The van der Waals surface area contributed by atoms with Gasteiger partial charge in [-0.3, -0.25) is 4.84 Å². The van der Waals surface area contributed by atoms with E-state index in [0.29, 0.717) is 0 Å². The summed E-state index contributed by atoms with van der Waals surface area (Å²) in [6, 6.07) is 0. The molecule has 0 aliphatic carbocycles. The fourth-order valence-corrected chi connectivity index (χ4v) is 0.518. The maximum atomic E-state index is 10.9. The SMILES string of the molecule is C=CC(=O)On1on(OC(C)=O)c1=O. The molecule has 0 N–H and O–H groups in total. The van der Waals surface area contributed by atoms with E-state index in [1.807, 2.05) is 0 Å². The second kappa shape index (κ2) is 3.64. The van der Waals surface area contributed by atoms with E-state index in [4.69, 9.17) is 0 Å². The predicted octanol–water partition coefficient (Wildman–Crippen LogP) is -1.64. The van der Waals surface area contributed by atoms with Crippen LogP contribution < -0.4 is 15.4 Å². The fourth-order valence-electron chi connectivity index (χ4n) is 0.518. The topological polar surface area (TPSA) is 92.7 Å². The van der Waals surface area contributed by atoms with Crippen molar-refractivity contribution in [2.24, 2.45) is 0 Å². The standard InChI is InChI=1S/C6H6N2O6/c1-3-5(10)13-8-6(11)7(14-8)12-4(2)9/h3H,1H2,2H3. The van der Waals surface area contributed by atoms with Gasteiger partial charge in [0.25, 0.3) is 0 Å². The van der Waals surface area contributed by atoms with Gasteiger partial charge in [0.15, 0.2) is 0 Å². The molecular formula is C6H6N2O6. The molecule has 0 aliphatic rings. The molecule has 0 fully saturated rings. The Balaban J connectivity index is 2.67. The van der Waals surface area contributed by atoms with Crippen molar-refractivity contribution in [1.29, 1.82) is 0 Å². The average Bonchev–Trinajstić information content (AvgIpc) is 2.14. The van der Waals surface area contributed by atoms with Gasteiger partial charge in [0, 0.05) is 13.0 Å². The molecule has 1 heterocycles. The molecular weight excluding hydrogens is 196 g/mol. The minimum Gasteiger partial charge on any atom is -0.300 e. The highest BCUT2D eigenvalue weighted by Crippen LogP contribution is 1.81. The first-order valence-electron chi connectivity index (χ1n) is 3.40. The maximum absolute atomic E-state index is 10.9. The zero-order valence-electron chi connectivity index (χ0n) is 7.13. The number of nitrogens with zero attached hydrogens (tertiary/aromatic N) is 2. The van der Waals surface area contributed by atoms with E-state index in [9.17, 15) is 14.4 Å². The second-order valence-electron chi connectivity index (χ2n) is 2.08.